The summed E-state index contributed by atoms with van der Waals surface area (Å²) in [5.74, 6) is -2.58. The van der Waals surface area contributed by atoms with Gasteiger partial charge in [0.25, 0.3) is 5.91 Å². The minimum Gasteiger partial charge on any atom is -0.478 e. The number of carboxylic acid groups (broad SMARTS) is 1. The molecule has 1 aromatic heterocycles. The van der Waals surface area contributed by atoms with Crippen LogP contribution in [0, 0.1) is 0 Å². The third-order valence-electron chi connectivity index (χ3n) is 7.75. The molecule has 1 heterocycles. The number of halogens is 4. The quantitative estimate of drug-likeness (QED) is 0.0779. The summed E-state index contributed by atoms with van der Waals surface area (Å²) in [4.78, 5) is 39.9. The summed E-state index contributed by atoms with van der Waals surface area (Å²) in [6, 6.07) is 30.3. The molecule has 0 spiro atoms. The predicted molar refractivity (Wildman–Crippen MR) is 197 cm³/mol. The van der Waals surface area contributed by atoms with E-state index in [1.807, 2.05) is 60.7 Å². The lowest BCUT2D eigenvalue weighted by Gasteiger charge is -2.18. The Morgan fingerprint density at radius 2 is 1.35 bits per heavy atom. The molecule has 7 nitrogen and oxygen atoms in total. The number of aryl methyl sites for hydroxylation is 1. The predicted octanol–water partition coefficient (Wildman–Crippen LogP) is 10.9. The molecule has 242 valence electrons. The molecule has 0 saturated heterocycles. The molecule has 6 rings (SSSR count). The second kappa shape index (κ2) is 14.1. The number of carboxylic acids is 1. The fourth-order valence-electron chi connectivity index (χ4n) is 5.60. The number of para-hydroxylation sites is 1. The summed E-state index contributed by atoms with van der Waals surface area (Å²) in [5, 5.41) is 15.8. The molecule has 48 heavy (non-hydrogen) atoms. The van der Waals surface area contributed by atoms with E-state index in [1.54, 1.807) is 24.3 Å². The number of aromatic nitrogens is 1. The lowest BCUT2D eigenvalue weighted by Crippen LogP contribution is -2.19. The van der Waals surface area contributed by atoms with Gasteiger partial charge in [-0.3, -0.25) is 9.59 Å². The van der Waals surface area contributed by atoms with Crippen LogP contribution in [0.1, 0.15) is 38.5 Å². The van der Waals surface area contributed by atoms with Crippen LogP contribution < -0.4 is 10.6 Å². The highest BCUT2D eigenvalue weighted by Crippen LogP contribution is 2.42. The zero-order valence-corrected chi connectivity index (χ0v) is 28.9. The summed E-state index contributed by atoms with van der Waals surface area (Å²) in [6.07, 6.45) is 0. The normalized spacial score (nSPS) is 11.9. The van der Waals surface area contributed by atoms with Crippen molar-refractivity contribution in [1.82, 2.24) is 4.57 Å². The molecule has 0 saturated carbocycles. The fourth-order valence-corrected chi connectivity index (χ4v) is 7.71. The SMILES string of the molecule is CCn1c2ccccc2c2cc(NC(=O)C(Sc3cccc(NC(=O)c4c(Cl)c(Cl)c(Cl)c(Cl)c4C(=O)O)c3)c3ccccc3)ccc21. The number of amides is 2. The molecule has 0 fully saturated rings. The van der Waals surface area contributed by atoms with Gasteiger partial charge >= 0.3 is 5.97 Å². The minimum absolute atomic E-state index is 0.234. The van der Waals surface area contributed by atoms with Crippen LogP contribution in [0.4, 0.5) is 11.4 Å². The number of carbonyl (C=O) groups is 3. The highest BCUT2D eigenvalue weighted by molar-refractivity contribution is 8.00. The van der Waals surface area contributed by atoms with E-state index in [9.17, 15) is 19.5 Å². The standard InChI is InChI=1S/C36H25Cl4N3O4S/c1-2-43-25-14-7-6-13-23(25)24-18-21(15-16-26(24)43)42-35(45)33(19-9-4-3-5-10-19)48-22-12-8-11-20(17-22)41-34(44)27-28(36(46)47)30(38)32(40)31(39)29(27)37/h3-18,33H,2H2,1H3,(H,41,44)(H,42,45)(H,46,47). The minimum atomic E-state index is -1.50. The zero-order chi connectivity index (χ0) is 34.1. The van der Waals surface area contributed by atoms with Gasteiger partial charge in [-0.15, -0.1) is 11.8 Å². The van der Waals surface area contributed by atoms with Gasteiger partial charge in [-0.25, -0.2) is 4.79 Å². The van der Waals surface area contributed by atoms with Crippen molar-refractivity contribution < 1.29 is 19.5 Å². The number of anilines is 2. The molecule has 12 heteroatoms. The van der Waals surface area contributed by atoms with Gasteiger partial charge in [-0.1, -0.05) is 101 Å². The number of carbonyl (C=O) groups excluding carboxylic acids is 2. The van der Waals surface area contributed by atoms with E-state index in [0.29, 0.717) is 16.3 Å². The second-order valence-electron chi connectivity index (χ2n) is 10.7. The van der Waals surface area contributed by atoms with Gasteiger partial charge in [0.1, 0.15) is 5.25 Å². The number of thioether (sulfide) groups is 1. The molecular weight excluding hydrogens is 712 g/mol. The van der Waals surface area contributed by atoms with Crippen LogP contribution >= 0.6 is 58.2 Å². The van der Waals surface area contributed by atoms with Gasteiger partial charge < -0.3 is 20.3 Å². The molecule has 1 unspecified atom stereocenters. The van der Waals surface area contributed by atoms with Crippen LogP contribution in [0.15, 0.2) is 102 Å². The lowest BCUT2D eigenvalue weighted by molar-refractivity contribution is -0.115. The van der Waals surface area contributed by atoms with Crippen LogP contribution in [-0.4, -0.2) is 27.5 Å². The van der Waals surface area contributed by atoms with E-state index < -0.39 is 33.3 Å². The van der Waals surface area contributed by atoms with Gasteiger partial charge in [0.2, 0.25) is 5.91 Å². The Morgan fingerprint density at radius 1 is 0.708 bits per heavy atom. The molecule has 3 N–H and O–H groups in total. The van der Waals surface area contributed by atoms with E-state index >= 15 is 0 Å². The molecule has 0 aliphatic rings. The molecule has 0 aliphatic carbocycles. The molecule has 1 atom stereocenters. The van der Waals surface area contributed by atoms with E-state index in [4.69, 9.17) is 46.4 Å². The Kier molecular flexibility index (Phi) is 9.92. The third kappa shape index (κ3) is 6.46. The molecule has 0 radical (unpaired) electrons. The molecular formula is C36H25Cl4N3O4S. The topological polar surface area (TPSA) is 100 Å². The maximum absolute atomic E-state index is 13.9. The van der Waals surface area contributed by atoms with Crippen molar-refractivity contribution >= 4 is 109 Å². The number of nitrogens with zero attached hydrogens (tertiary/aromatic N) is 1. The van der Waals surface area contributed by atoms with Crippen LogP contribution in [0.3, 0.4) is 0 Å². The maximum Gasteiger partial charge on any atom is 0.338 e. The van der Waals surface area contributed by atoms with Gasteiger partial charge in [0, 0.05) is 44.6 Å². The Balaban J connectivity index is 1.28. The van der Waals surface area contributed by atoms with Crippen LogP contribution in [0.2, 0.25) is 20.1 Å². The summed E-state index contributed by atoms with van der Waals surface area (Å²) >= 11 is 25.9. The van der Waals surface area contributed by atoms with Crippen molar-refractivity contribution in [3.8, 4) is 0 Å². The smallest absolute Gasteiger partial charge is 0.338 e. The van der Waals surface area contributed by atoms with E-state index in [0.717, 1.165) is 33.9 Å². The van der Waals surface area contributed by atoms with Gasteiger partial charge in [0.15, 0.2) is 0 Å². The number of benzene rings is 5. The number of hydrogen-bond donors (Lipinski definition) is 3. The van der Waals surface area contributed by atoms with Crippen molar-refractivity contribution in [2.45, 2.75) is 23.6 Å². The fraction of sp³-hybridized carbons (Fsp3) is 0.0833. The number of aromatic carboxylic acids is 1. The van der Waals surface area contributed by atoms with Gasteiger partial charge in [0.05, 0.1) is 31.2 Å². The summed E-state index contributed by atoms with van der Waals surface area (Å²) in [6.45, 7) is 2.92. The Hall–Kier alpha value is -4.18. The number of hydrogen-bond acceptors (Lipinski definition) is 4. The van der Waals surface area contributed by atoms with Crippen molar-refractivity contribution in [3.63, 3.8) is 0 Å². The summed E-state index contributed by atoms with van der Waals surface area (Å²) in [5.41, 5.74) is 2.99. The monoisotopic (exact) mass is 735 g/mol. The summed E-state index contributed by atoms with van der Waals surface area (Å²) in [7, 11) is 0. The van der Waals surface area contributed by atoms with Crippen LogP contribution in [-0.2, 0) is 11.3 Å². The summed E-state index contributed by atoms with van der Waals surface area (Å²) < 4.78 is 2.25. The van der Waals surface area contributed by atoms with Crippen LogP contribution in [0.25, 0.3) is 21.8 Å². The average molecular weight is 737 g/mol. The number of nitrogens with one attached hydrogen (secondary N) is 2. The Morgan fingerprint density at radius 3 is 2.06 bits per heavy atom. The van der Waals surface area contributed by atoms with Crippen LogP contribution in [0.5, 0.6) is 0 Å². The first-order valence-corrected chi connectivity index (χ1v) is 17.0. The maximum atomic E-state index is 13.9. The van der Waals surface area contributed by atoms with E-state index in [2.05, 4.69) is 34.3 Å². The lowest BCUT2D eigenvalue weighted by atomic mass is 10.1. The molecule has 5 aromatic carbocycles. The first kappa shape index (κ1) is 33.7. The van der Waals surface area contributed by atoms with Gasteiger partial charge in [-0.2, -0.15) is 0 Å². The van der Waals surface area contributed by atoms with Crippen molar-refractivity contribution in [2.75, 3.05) is 10.6 Å². The highest BCUT2D eigenvalue weighted by Gasteiger charge is 2.29. The van der Waals surface area contributed by atoms with E-state index in [-0.39, 0.29) is 21.0 Å². The zero-order valence-electron chi connectivity index (χ0n) is 25.1. The first-order valence-electron chi connectivity index (χ1n) is 14.6. The molecule has 2 amide bonds. The Bertz CT molecular complexity index is 2240. The van der Waals surface area contributed by atoms with Crippen molar-refractivity contribution in [1.29, 1.82) is 0 Å². The van der Waals surface area contributed by atoms with E-state index in [1.165, 1.54) is 11.8 Å². The third-order valence-corrected chi connectivity index (χ3v) is 10.8. The molecule has 6 aromatic rings. The second-order valence-corrected chi connectivity index (χ2v) is 13.4. The molecule has 0 bridgehead atoms. The Labute approximate surface area is 299 Å². The average Bonchev–Trinajstić information content (AvgIpc) is 3.40. The number of fused-ring (bicyclic) bond motifs is 3. The first-order chi connectivity index (χ1) is 23.1. The largest absolute Gasteiger partial charge is 0.478 e. The van der Waals surface area contributed by atoms with Gasteiger partial charge in [-0.05, 0) is 55.0 Å². The van der Waals surface area contributed by atoms with Crippen molar-refractivity contribution in [2.24, 2.45) is 0 Å². The molecule has 0 aliphatic heterocycles. The van der Waals surface area contributed by atoms with Crippen molar-refractivity contribution in [3.05, 3.63) is 134 Å². The number of rotatable bonds is 9. The highest BCUT2D eigenvalue weighted by atomic mass is 35.5.